The Morgan fingerprint density at radius 3 is 1.70 bits per heavy atom. The lowest BCUT2D eigenvalue weighted by Crippen LogP contribution is -2.06. The van der Waals surface area contributed by atoms with Crippen LogP contribution in [0.5, 0.6) is 11.5 Å². The molecule has 0 bridgehead atoms. The number of carbonyl (C=O) groups excluding carboxylic acids is 1. The molecule has 0 aliphatic rings. The first-order valence-corrected chi connectivity index (χ1v) is 7.36. The van der Waals surface area contributed by atoms with E-state index in [0.29, 0.717) is 34.6 Å². The predicted molar refractivity (Wildman–Crippen MR) is 90.2 cm³/mol. The molecule has 0 fully saturated rings. The molecule has 0 heterocycles. The van der Waals surface area contributed by atoms with Gasteiger partial charge in [0, 0.05) is 16.7 Å². The number of hydrogen-bond acceptors (Lipinski definition) is 4. The van der Waals surface area contributed by atoms with Crippen molar-refractivity contribution in [1.29, 1.82) is 0 Å². The number of Topliss-reactive ketones (excluding diaryl/α,β-unsaturated/α-hetero) is 1. The SMILES string of the molecule is CCC(C(=O)c1ccc(OC)cc1)=C(O)c1ccc(OC)cc1. The van der Waals surface area contributed by atoms with E-state index in [-0.39, 0.29) is 11.5 Å². The molecule has 0 amide bonds. The first-order chi connectivity index (χ1) is 11.1. The third-order valence-electron chi connectivity index (χ3n) is 3.63. The van der Waals surface area contributed by atoms with Crippen LogP contribution in [0.3, 0.4) is 0 Å². The molecule has 0 saturated carbocycles. The fourth-order valence-electron chi connectivity index (χ4n) is 2.28. The normalized spacial score (nSPS) is 11.6. The van der Waals surface area contributed by atoms with E-state index >= 15 is 0 Å². The molecule has 0 aliphatic heterocycles. The molecule has 0 radical (unpaired) electrons. The summed E-state index contributed by atoms with van der Waals surface area (Å²) in [5.41, 5.74) is 1.48. The van der Waals surface area contributed by atoms with Crippen LogP contribution in [0.15, 0.2) is 54.1 Å². The van der Waals surface area contributed by atoms with Crippen molar-refractivity contribution < 1.29 is 19.4 Å². The highest BCUT2D eigenvalue weighted by Gasteiger charge is 2.17. The number of aliphatic hydroxyl groups excluding tert-OH is 1. The molecule has 120 valence electrons. The highest BCUT2D eigenvalue weighted by atomic mass is 16.5. The summed E-state index contributed by atoms with van der Waals surface area (Å²) in [6.07, 6.45) is 0.433. The first kappa shape index (κ1) is 16.6. The Hall–Kier alpha value is -2.75. The molecular weight excluding hydrogens is 292 g/mol. The number of allylic oxidation sites excluding steroid dienone is 1. The maximum Gasteiger partial charge on any atom is 0.192 e. The Bertz CT molecular complexity index is 697. The van der Waals surface area contributed by atoms with Gasteiger partial charge in [-0.3, -0.25) is 4.79 Å². The number of methoxy groups -OCH3 is 2. The highest BCUT2D eigenvalue weighted by molar-refractivity contribution is 6.12. The van der Waals surface area contributed by atoms with E-state index in [1.54, 1.807) is 62.8 Å². The summed E-state index contributed by atoms with van der Waals surface area (Å²) in [4.78, 5) is 12.6. The molecule has 0 aliphatic carbocycles. The second-order valence-electron chi connectivity index (χ2n) is 4.97. The van der Waals surface area contributed by atoms with Crippen molar-refractivity contribution in [3.8, 4) is 11.5 Å². The number of rotatable bonds is 6. The smallest absolute Gasteiger partial charge is 0.192 e. The van der Waals surface area contributed by atoms with E-state index in [4.69, 9.17) is 9.47 Å². The molecule has 1 N–H and O–H groups in total. The minimum atomic E-state index is -0.191. The fourth-order valence-corrected chi connectivity index (χ4v) is 2.28. The number of hydrogen-bond donors (Lipinski definition) is 1. The van der Waals surface area contributed by atoms with Crippen LogP contribution >= 0.6 is 0 Å². The van der Waals surface area contributed by atoms with Gasteiger partial charge in [-0.1, -0.05) is 6.92 Å². The van der Waals surface area contributed by atoms with Gasteiger partial charge in [0.15, 0.2) is 5.78 Å². The molecule has 4 heteroatoms. The second-order valence-corrected chi connectivity index (χ2v) is 4.97. The van der Waals surface area contributed by atoms with Crippen LogP contribution in [0.25, 0.3) is 5.76 Å². The van der Waals surface area contributed by atoms with Gasteiger partial charge in [-0.05, 0) is 55.0 Å². The average molecular weight is 312 g/mol. The summed E-state index contributed by atoms with van der Waals surface area (Å²) < 4.78 is 10.2. The minimum absolute atomic E-state index is 0.00373. The van der Waals surface area contributed by atoms with Crippen LogP contribution in [0.2, 0.25) is 0 Å². The second kappa shape index (κ2) is 7.49. The Kier molecular flexibility index (Phi) is 5.41. The van der Waals surface area contributed by atoms with Crippen molar-refractivity contribution in [3.05, 3.63) is 65.2 Å². The third-order valence-corrected chi connectivity index (χ3v) is 3.63. The summed E-state index contributed by atoms with van der Waals surface area (Å²) in [7, 11) is 3.15. The quantitative estimate of drug-likeness (QED) is 0.492. The maximum atomic E-state index is 12.6. The topological polar surface area (TPSA) is 55.8 Å². The monoisotopic (exact) mass is 312 g/mol. The molecule has 2 aromatic rings. The van der Waals surface area contributed by atoms with Gasteiger partial charge < -0.3 is 14.6 Å². The summed E-state index contributed by atoms with van der Waals surface area (Å²) in [6.45, 7) is 1.84. The summed E-state index contributed by atoms with van der Waals surface area (Å²) in [5, 5.41) is 10.5. The van der Waals surface area contributed by atoms with E-state index in [9.17, 15) is 9.90 Å². The Balaban J connectivity index is 2.36. The van der Waals surface area contributed by atoms with Gasteiger partial charge in [0.2, 0.25) is 0 Å². The Morgan fingerprint density at radius 2 is 1.30 bits per heavy atom. The predicted octanol–water partition coefficient (Wildman–Crippen LogP) is 4.27. The molecule has 4 nitrogen and oxygen atoms in total. The number of ketones is 1. The maximum absolute atomic E-state index is 12.6. The van der Waals surface area contributed by atoms with Crippen LogP contribution < -0.4 is 9.47 Å². The van der Waals surface area contributed by atoms with Crippen LogP contribution in [0.1, 0.15) is 29.3 Å². The summed E-state index contributed by atoms with van der Waals surface area (Å²) >= 11 is 0. The summed E-state index contributed by atoms with van der Waals surface area (Å²) in [6, 6.07) is 13.8. The highest BCUT2D eigenvalue weighted by Crippen LogP contribution is 2.24. The van der Waals surface area contributed by atoms with Crippen molar-refractivity contribution in [1.82, 2.24) is 0 Å². The molecule has 0 aromatic heterocycles. The molecule has 0 spiro atoms. The van der Waals surface area contributed by atoms with Gasteiger partial charge in [0.1, 0.15) is 17.3 Å². The van der Waals surface area contributed by atoms with Crippen molar-refractivity contribution in [2.75, 3.05) is 14.2 Å². The lowest BCUT2D eigenvalue weighted by atomic mass is 9.97. The number of benzene rings is 2. The molecule has 2 aromatic carbocycles. The summed E-state index contributed by atoms with van der Waals surface area (Å²) in [5.74, 6) is 1.18. The molecule has 23 heavy (non-hydrogen) atoms. The fraction of sp³-hybridized carbons (Fsp3) is 0.211. The average Bonchev–Trinajstić information content (AvgIpc) is 2.62. The number of carbonyl (C=O) groups is 1. The van der Waals surface area contributed by atoms with Crippen LogP contribution in [0.4, 0.5) is 0 Å². The zero-order chi connectivity index (χ0) is 16.8. The lowest BCUT2D eigenvalue weighted by Gasteiger charge is -2.10. The van der Waals surface area contributed by atoms with Crippen molar-refractivity contribution in [2.45, 2.75) is 13.3 Å². The van der Waals surface area contributed by atoms with Gasteiger partial charge in [-0.2, -0.15) is 0 Å². The van der Waals surface area contributed by atoms with E-state index < -0.39 is 0 Å². The van der Waals surface area contributed by atoms with Crippen molar-refractivity contribution in [3.63, 3.8) is 0 Å². The largest absolute Gasteiger partial charge is 0.507 e. The van der Waals surface area contributed by atoms with Gasteiger partial charge in [0.05, 0.1) is 14.2 Å². The molecule has 0 unspecified atom stereocenters. The van der Waals surface area contributed by atoms with Gasteiger partial charge >= 0.3 is 0 Å². The van der Waals surface area contributed by atoms with E-state index in [1.165, 1.54) is 0 Å². The standard InChI is InChI=1S/C19H20O4/c1-4-17(18(20)13-5-9-15(22-2)10-6-13)19(21)14-7-11-16(23-3)12-8-14/h5-12,20H,4H2,1-3H3. The lowest BCUT2D eigenvalue weighted by molar-refractivity contribution is 0.103. The number of ether oxygens (including phenoxy) is 2. The zero-order valence-electron chi connectivity index (χ0n) is 13.5. The molecule has 0 atom stereocenters. The zero-order valence-corrected chi connectivity index (χ0v) is 13.5. The van der Waals surface area contributed by atoms with Gasteiger partial charge in [0.25, 0.3) is 0 Å². The Morgan fingerprint density at radius 1 is 0.870 bits per heavy atom. The molecular formula is C19H20O4. The van der Waals surface area contributed by atoms with Crippen LogP contribution in [0, 0.1) is 0 Å². The van der Waals surface area contributed by atoms with E-state index in [1.807, 2.05) is 6.92 Å². The first-order valence-electron chi connectivity index (χ1n) is 7.36. The van der Waals surface area contributed by atoms with Crippen molar-refractivity contribution in [2.24, 2.45) is 0 Å². The third kappa shape index (κ3) is 3.72. The number of aliphatic hydroxyl groups is 1. The van der Waals surface area contributed by atoms with E-state index in [0.717, 1.165) is 0 Å². The molecule has 2 rings (SSSR count). The van der Waals surface area contributed by atoms with E-state index in [2.05, 4.69) is 0 Å². The van der Waals surface area contributed by atoms with Crippen LogP contribution in [-0.4, -0.2) is 25.1 Å². The molecule has 0 saturated heterocycles. The van der Waals surface area contributed by atoms with Crippen molar-refractivity contribution >= 4 is 11.5 Å². The minimum Gasteiger partial charge on any atom is -0.507 e. The van der Waals surface area contributed by atoms with Crippen LogP contribution in [-0.2, 0) is 0 Å². The van der Waals surface area contributed by atoms with Gasteiger partial charge in [-0.25, -0.2) is 0 Å². The van der Waals surface area contributed by atoms with Gasteiger partial charge in [-0.15, -0.1) is 0 Å². The Labute approximate surface area is 136 Å².